The summed E-state index contributed by atoms with van der Waals surface area (Å²) in [5.74, 6) is -1.83. The van der Waals surface area contributed by atoms with Gasteiger partial charge in [-0.15, -0.1) is 0 Å². The predicted molar refractivity (Wildman–Crippen MR) is 79.4 cm³/mol. The third-order valence-electron chi connectivity index (χ3n) is 4.45. The number of aliphatic carboxylic acids is 1. The average Bonchev–Trinajstić information content (AvgIpc) is 3.23. The fourth-order valence-electron chi connectivity index (χ4n) is 2.75. The summed E-state index contributed by atoms with van der Waals surface area (Å²) in [5.41, 5.74) is 0.599. The van der Waals surface area contributed by atoms with Crippen LogP contribution in [0.15, 0.2) is 24.3 Å². The molecule has 22 heavy (non-hydrogen) atoms. The van der Waals surface area contributed by atoms with E-state index in [1.54, 1.807) is 4.90 Å². The lowest BCUT2D eigenvalue weighted by Gasteiger charge is -2.18. The highest BCUT2D eigenvalue weighted by atomic mass is 16.4. The molecular weight excluding hydrogens is 284 g/mol. The summed E-state index contributed by atoms with van der Waals surface area (Å²) in [7, 11) is 0. The molecule has 1 aromatic carbocycles. The Kier molecular flexibility index (Phi) is 3.39. The second kappa shape index (κ2) is 5.12. The minimum absolute atomic E-state index is 0.182. The highest BCUT2D eigenvalue weighted by Crippen LogP contribution is 2.46. The SMILES string of the molecule is Cc1ccc(N2CC[C@H](NC(=O)C3(C(=O)O)CC3)C2=O)cc1. The van der Waals surface area contributed by atoms with Gasteiger partial charge in [-0.25, -0.2) is 0 Å². The quantitative estimate of drug-likeness (QED) is 0.815. The zero-order valence-corrected chi connectivity index (χ0v) is 12.3. The monoisotopic (exact) mass is 302 g/mol. The molecule has 1 saturated carbocycles. The number of hydrogen-bond donors (Lipinski definition) is 2. The Hall–Kier alpha value is -2.37. The molecular formula is C16H18N2O4. The standard InChI is InChI=1S/C16H18N2O4/c1-10-2-4-11(5-3-10)18-9-6-12(13(18)19)17-14(20)16(7-8-16)15(21)22/h2-5,12H,6-9H2,1H3,(H,17,20)(H,21,22)/t12-/m0/s1. The van der Waals surface area contributed by atoms with E-state index < -0.39 is 23.3 Å². The number of carboxylic acid groups (broad SMARTS) is 1. The molecule has 1 heterocycles. The van der Waals surface area contributed by atoms with Crippen LogP contribution in [0.2, 0.25) is 0 Å². The molecule has 0 bridgehead atoms. The highest BCUT2D eigenvalue weighted by Gasteiger charge is 2.57. The number of carbonyl (C=O) groups is 3. The summed E-state index contributed by atoms with van der Waals surface area (Å²) >= 11 is 0. The number of carbonyl (C=O) groups excluding carboxylic acids is 2. The molecule has 2 aliphatic rings. The average molecular weight is 302 g/mol. The number of aryl methyl sites for hydroxylation is 1. The van der Waals surface area contributed by atoms with Gasteiger partial charge in [0.05, 0.1) is 0 Å². The van der Waals surface area contributed by atoms with Gasteiger partial charge >= 0.3 is 5.97 Å². The van der Waals surface area contributed by atoms with Crippen LogP contribution in [0.25, 0.3) is 0 Å². The van der Waals surface area contributed by atoms with Gasteiger partial charge in [0.1, 0.15) is 11.5 Å². The Labute approximate surface area is 128 Å². The number of anilines is 1. The van der Waals surface area contributed by atoms with E-state index >= 15 is 0 Å². The van der Waals surface area contributed by atoms with Crippen LogP contribution in [-0.2, 0) is 14.4 Å². The van der Waals surface area contributed by atoms with Crippen LogP contribution in [-0.4, -0.2) is 35.5 Å². The van der Waals surface area contributed by atoms with E-state index in [1.165, 1.54) is 0 Å². The molecule has 6 nitrogen and oxygen atoms in total. The first-order chi connectivity index (χ1) is 10.4. The van der Waals surface area contributed by atoms with Gasteiger partial charge in [-0.1, -0.05) is 17.7 Å². The van der Waals surface area contributed by atoms with Crippen molar-refractivity contribution in [1.82, 2.24) is 5.32 Å². The molecule has 0 radical (unpaired) electrons. The molecule has 0 unspecified atom stereocenters. The molecule has 3 rings (SSSR count). The third-order valence-corrected chi connectivity index (χ3v) is 4.45. The van der Waals surface area contributed by atoms with Gasteiger partial charge in [0.25, 0.3) is 0 Å². The maximum Gasteiger partial charge on any atom is 0.319 e. The molecule has 2 amide bonds. The Morgan fingerprint density at radius 1 is 1.27 bits per heavy atom. The van der Waals surface area contributed by atoms with Crippen LogP contribution in [0.4, 0.5) is 5.69 Å². The lowest BCUT2D eigenvalue weighted by Crippen LogP contribution is -2.46. The largest absolute Gasteiger partial charge is 0.480 e. The molecule has 1 atom stereocenters. The summed E-state index contributed by atoms with van der Waals surface area (Å²) < 4.78 is 0. The van der Waals surface area contributed by atoms with E-state index in [-0.39, 0.29) is 5.91 Å². The van der Waals surface area contributed by atoms with Gasteiger partial charge in [0.15, 0.2) is 0 Å². The molecule has 2 fully saturated rings. The fraction of sp³-hybridized carbons (Fsp3) is 0.438. The first-order valence-corrected chi connectivity index (χ1v) is 7.36. The number of carboxylic acids is 1. The second-order valence-corrected chi connectivity index (χ2v) is 6.03. The lowest BCUT2D eigenvalue weighted by atomic mass is 10.1. The van der Waals surface area contributed by atoms with E-state index in [1.807, 2.05) is 31.2 Å². The van der Waals surface area contributed by atoms with Crippen LogP contribution in [0.5, 0.6) is 0 Å². The molecule has 1 aromatic rings. The van der Waals surface area contributed by atoms with Crippen molar-refractivity contribution in [2.75, 3.05) is 11.4 Å². The topological polar surface area (TPSA) is 86.7 Å². The van der Waals surface area contributed by atoms with Crippen molar-refractivity contribution in [1.29, 1.82) is 0 Å². The van der Waals surface area contributed by atoms with Gasteiger partial charge in [-0.3, -0.25) is 14.4 Å². The van der Waals surface area contributed by atoms with E-state index in [0.717, 1.165) is 11.3 Å². The smallest absolute Gasteiger partial charge is 0.319 e. The number of rotatable bonds is 4. The second-order valence-electron chi connectivity index (χ2n) is 6.03. The Bertz CT molecular complexity index is 634. The number of nitrogens with zero attached hydrogens (tertiary/aromatic N) is 1. The molecule has 6 heteroatoms. The van der Waals surface area contributed by atoms with Gasteiger partial charge in [0.2, 0.25) is 11.8 Å². The van der Waals surface area contributed by atoms with Gasteiger partial charge in [-0.05, 0) is 38.3 Å². The molecule has 1 saturated heterocycles. The maximum atomic E-state index is 12.4. The van der Waals surface area contributed by atoms with Crippen molar-refractivity contribution in [3.05, 3.63) is 29.8 Å². The first-order valence-electron chi connectivity index (χ1n) is 7.36. The fourth-order valence-corrected chi connectivity index (χ4v) is 2.75. The van der Waals surface area contributed by atoms with Crippen LogP contribution in [0, 0.1) is 12.3 Å². The van der Waals surface area contributed by atoms with Crippen molar-refractivity contribution in [2.45, 2.75) is 32.2 Å². The summed E-state index contributed by atoms with van der Waals surface area (Å²) in [6, 6.07) is 6.97. The third kappa shape index (κ3) is 2.34. The Balaban J connectivity index is 1.68. The van der Waals surface area contributed by atoms with Crippen molar-refractivity contribution >= 4 is 23.5 Å². The molecule has 1 aliphatic heterocycles. The summed E-state index contributed by atoms with van der Waals surface area (Å²) in [6.45, 7) is 2.49. The highest BCUT2D eigenvalue weighted by molar-refractivity contribution is 6.08. The van der Waals surface area contributed by atoms with Crippen molar-refractivity contribution in [2.24, 2.45) is 5.41 Å². The Morgan fingerprint density at radius 2 is 1.91 bits per heavy atom. The summed E-state index contributed by atoms with van der Waals surface area (Å²) in [5, 5.41) is 11.7. The molecule has 1 aliphatic carbocycles. The van der Waals surface area contributed by atoms with Crippen LogP contribution >= 0.6 is 0 Å². The van der Waals surface area contributed by atoms with E-state index in [9.17, 15) is 14.4 Å². The van der Waals surface area contributed by atoms with Gasteiger partial charge in [-0.2, -0.15) is 0 Å². The zero-order valence-electron chi connectivity index (χ0n) is 12.3. The molecule has 116 valence electrons. The maximum absolute atomic E-state index is 12.4. The number of hydrogen-bond acceptors (Lipinski definition) is 3. The van der Waals surface area contributed by atoms with Crippen molar-refractivity contribution in [3.63, 3.8) is 0 Å². The Morgan fingerprint density at radius 3 is 2.45 bits per heavy atom. The zero-order chi connectivity index (χ0) is 15.9. The molecule has 0 spiro atoms. The molecule has 0 aromatic heterocycles. The number of nitrogens with one attached hydrogen (secondary N) is 1. The van der Waals surface area contributed by atoms with Crippen molar-refractivity contribution in [3.8, 4) is 0 Å². The minimum Gasteiger partial charge on any atom is -0.480 e. The van der Waals surface area contributed by atoms with Crippen molar-refractivity contribution < 1.29 is 19.5 Å². The van der Waals surface area contributed by atoms with E-state index in [0.29, 0.717) is 25.8 Å². The normalized spacial score (nSPS) is 22.5. The summed E-state index contributed by atoms with van der Waals surface area (Å²) in [6.07, 6.45) is 1.18. The van der Waals surface area contributed by atoms with E-state index in [2.05, 4.69) is 5.32 Å². The van der Waals surface area contributed by atoms with Gasteiger partial charge in [0, 0.05) is 12.2 Å². The minimum atomic E-state index is -1.31. The van der Waals surface area contributed by atoms with Crippen LogP contribution < -0.4 is 10.2 Å². The summed E-state index contributed by atoms with van der Waals surface area (Å²) in [4.78, 5) is 37.3. The predicted octanol–water partition coefficient (Wildman–Crippen LogP) is 1.08. The van der Waals surface area contributed by atoms with Gasteiger partial charge < -0.3 is 15.3 Å². The lowest BCUT2D eigenvalue weighted by molar-refractivity contribution is -0.149. The van der Waals surface area contributed by atoms with Crippen LogP contribution in [0.1, 0.15) is 24.8 Å². The first kappa shape index (κ1) is 14.6. The van der Waals surface area contributed by atoms with E-state index in [4.69, 9.17) is 5.11 Å². The number of amides is 2. The molecule has 2 N–H and O–H groups in total. The number of benzene rings is 1. The van der Waals surface area contributed by atoms with Crippen LogP contribution in [0.3, 0.4) is 0 Å².